The molecule has 2 nitrogen and oxygen atoms in total. The molecule has 1 aromatic rings. The van der Waals surface area contributed by atoms with E-state index >= 15 is 0 Å². The first-order valence-corrected chi connectivity index (χ1v) is 6.20. The third-order valence-corrected chi connectivity index (χ3v) is 2.89. The van der Waals surface area contributed by atoms with Crippen LogP contribution >= 0.6 is 0 Å². The number of nitrogens with one attached hydrogen (secondary N) is 1. The molecule has 0 radical (unpaired) electrons. The van der Waals surface area contributed by atoms with Crippen molar-refractivity contribution >= 4 is 5.69 Å². The summed E-state index contributed by atoms with van der Waals surface area (Å²) in [5.41, 5.74) is 3.54. The van der Waals surface area contributed by atoms with Crippen LogP contribution in [-0.4, -0.2) is 13.7 Å². The molecule has 0 spiro atoms. The monoisotopic (exact) mass is 241 g/mol. The Morgan fingerprint density at radius 1 is 1.28 bits per heavy atom. The highest BCUT2D eigenvalue weighted by Gasteiger charge is 2.03. The van der Waals surface area contributed by atoms with E-state index in [1.54, 1.807) is 7.11 Å². The first-order valence-electron chi connectivity index (χ1n) is 6.20. The van der Waals surface area contributed by atoms with E-state index in [4.69, 9.17) is 4.74 Å². The molecule has 0 aromatic heterocycles. The van der Waals surface area contributed by atoms with Crippen molar-refractivity contribution in [2.75, 3.05) is 19.0 Å². The SMILES string of the molecule is COc1ccc(C)cc1NCC1=CC=CCC=C1. The quantitative estimate of drug-likeness (QED) is 0.864. The zero-order chi connectivity index (χ0) is 12.8. The molecule has 0 heterocycles. The highest BCUT2D eigenvalue weighted by atomic mass is 16.5. The molecule has 94 valence electrons. The van der Waals surface area contributed by atoms with Gasteiger partial charge in [-0.15, -0.1) is 0 Å². The van der Waals surface area contributed by atoms with E-state index in [0.29, 0.717) is 0 Å². The van der Waals surface area contributed by atoms with Crippen LogP contribution in [0.5, 0.6) is 5.75 Å². The standard InChI is InChI=1S/C16H19NO/c1-13-9-10-16(18-2)15(11-13)17-12-14-7-5-3-4-6-8-14/h3,5-11,17H,4,12H2,1-2H3. The predicted molar refractivity (Wildman–Crippen MR) is 77.2 cm³/mol. The fourth-order valence-electron chi connectivity index (χ4n) is 1.90. The van der Waals surface area contributed by atoms with Crippen LogP contribution in [0.25, 0.3) is 0 Å². The predicted octanol–water partition coefficient (Wildman–Crippen LogP) is 3.86. The lowest BCUT2D eigenvalue weighted by Gasteiger charge is -2.12. The Bertz CT molecular complexity index is 498. The molecule has 18 heavy (non-hydrogen) atoms. The van der Waals surface area contributed by atoms with Crippen molar-refractivity contribution in [3.63, 3.8) is 0 Å². The van der Waals surface area contributed by atoms with Gasteiger partial charge in [0, 0.05) is 6.54 Å². The number of rotatable bonds is 4. The van der Waals surface area contributed by atoms with Crippen LogP contribution in [-0.2, 0) is 0 Å². The van der Waals surface area contributed by atoms with Gasteiger partial charge >= 0.3 is 0 Å². The summed E-state index contributed by atoms with van der Waals surface area (Å²) < 4.78 is 5.35. The lowest BCUT2D eigenvalue weighted by Crippen LogP contribution is -2.05. The highest BCUT2D eigenvalue weighted by molar-refractivity contribution is 5.59. The van der Waals surface area contributed by atoms with Gasteiger partial charge in [0.1, 0.15) is 5.75 Å². The third kappa shape index (κ3) is 3.27. The van der Waals surface area contributed by atoms with Gasteiger partial charge in [0.2, 0.25) is 0 Å². The summed E-state index contributed by atoms with van der Waals surface area (Å²) in [6, 6.07) is 6.15. The number of benzene rings is 1. The first-order chi connectivity index (χ1) is 8.79. The van der Waals surface area contributed by atoms with Gasteiger partial charge in [0.15, 0.2) is 0 Å². The van der Waals surface area contributed by atoms with E-state index in [1.165, 1.54) is 11.1 Å². The number of hydrogen-bond acceptors (Lipinski definition) is 2. The summed E-state index contributed by atoms with van der Waals surface area (Å²) in [6.45, 7) is 2.89. The first kappa shape index (κ1) is 12.5. The second-order valence-electron chi connectivity index (χ2n) is 4.37. The molecule has 2 heteroatoms. The average molecular weight is 241 g/mol. The van der Waals surface area contributed by atoms with E-state index in [-0.39, 0.29) is 0 Å². The largest absolute Gasteiger partial charge is 0.495 e. The fraction of sp³-hybridized carbons (Fsp3) is 0.250. The molecule has 0 amide bonds. The molecule has 1 aromatic carbocycles. The van der Waals surface area contributed by atoms with Crippen molar-refractivity contribution in [1.29, 1.82) is 0 Å². The van der Waals surface area contributed by atoms with E-state index in [9.17, 15) is 0 Å². The van der Waals surface area contributed by atoms with Crippen molar-refractivity contribution in [2.24, 2.45) is 0 Å². The molecular weight excluding hydrogens is 222 g/mol. The van der Waals surface area contributed by atoms with Crippen molar-refractivity contribution in [3.05, 3.63) is 59.7 Å². The van der Waals surface area contributed by atoms with Gasteiger partial charge < -0.3 is 10.1 Å². The van der Waals surface area contributed by atoms with Gasteiger partial charge in [-0.2, -0.15) is 0 Å². The lowest BCUT2D eigenvalue weighted by atomic mass is 10.2. The van der Waals surface area contributed by atoms with Gasteiger partial charge in [0.05, 0.1) is 12.8 Å². The minimum Gasteiger partial charge on any atom is -0.495 e. The van der Waals surface area contributed by atoms with Crippen LogP contribution in [0.1, 0.15) is 12.0 Å². The van der Waals surface area contributed by atoms with Crippen LogP contribution in [0.3, 0.4) is 0 Å². The van der Waals surface area contributed by atoms with Crippen molar-refractivity contribution in [3.8, 4) is 5.75 Å². The Labute approximate surface area is 109 Å². The summed E-state index contributed by atoms with van der Waals surface area (Å²) >= 11 is 0. The molecule has 1 aliphatic rings. The van der Waals surface area contributed by atoms with Gasteiger partial charge in [0.25, 0.3) is 0 Å². The van der Waals surface area contributed by atoms with Crippen LogP contribution in [0.15, 0.2) is 54.2 Å². The zero-order valence-corrected chi connectivity index (χ0v) is 10.9. The number of ether oxygens (including phenoxy) is 1. The van der Waals surface area contributed by atoms with Crippen LogP contribution < -0.4 is 10.1 Å². The maximum atomic E-state index is 5.35. The topological polar surface area (TPSA) is 21.3 Å². The van der Waals surface area contributed by atoms with Crippen LogP contribution in [0.4, 0.5) is 5.69 Å². The minimum atomic E-state index is 0.806. The second kappa shape index (κ2) is 6.10. The van der Waals surface area contributed by atoms with Gasteiger partial charge in [-0.3, -0.25) is 0 Å². The summed E-state index contributed by atoms with van der Waals surface area (Å²) in [5.74, 6) is 0.884. The molecule has 0 aliphatic heterocycles. The third-order valence-electron chi connectivity index (χ3n) is 2.89. The van der Waals surface area contributed by atoms with Crippen molar-refractivity contribution in [2.45, 2.75) is 13.3 Å². The number of anilines is 1. The maximum absolute atomic E-state index is 5.35. The Morgan fingerprint density at radius 3 is 3.00 bits per heavy atom. The smallest absolute Gasteiger partial charge is 0.141 e. The second-order valence-corrected chi connectivity index (χ2v) is 4.37. The van der Waals surface area contributed by atoms with Crippen LogP contribution in [0.2, 0.25) is 0 Å². The Kier molecular flexibility index (Phi) is 4.24. The molecule has 0 bridgehead atoms. The number of hydrogen-bond donors (Lipinski definition) is 1. The molecule has 0 atom stereocenters. The summed E-state index contributed by atoms with van der Waals surface area (Å²) in [5, 5.41) is 3.42. The van der Waals surface area contributed by atoms with E-state index < -0.39 is 0 Å². The Morgan fingerprint density at radius 2 is 2.17 bits per heavy atom. The van der Waals surface area contributed by atoms with Gasteiger partial charge in [-0.1, -0.05) is 36.4 Å². The van der Waals surface area contributed by atoms with Gasteiger partial charge in [-0.25, -0.2) is 0 Å². The van der Waals surface area contributed by atoms with Gasteiger partial charge in [-0.05, 0) is 36.6 Å². The Balaban J connectivity index is 2.07. The number of allylic oxidation sites excluding steroid dienone is 4. The normalized spacial score (nSPS) is 14.0. The van der Waals surface area contributed by atoms with Crippen LogP contribution in [0, 0.1) is 6.92 Å². The zero-order valence-electron chi connectivity index (χ0n) is 10.9. The van der Waals surface area contributed by atoms with Crippen molar-refractivity contribution < 1.29 is 4.74 Å². The molecule has 0 fully saturated rings. The molecule has 2 rings (SSSR count). The molecule has 0 saturated heterocycles. The molecule has 1 aliphatic carbocycles. The summed E-state index contributed by atoms with van der Waals surface area (Å²) in [7, 11) is 1.70. The fourth-order valence-corrected chi connectivity index (χ4v) is 1.90. The highest BCUT2D eigenvalue weighted by Crippen LogP contribution is 2.25. The molecular formula is C16H19NO. The Hall–Kier alpha value is -1.96. The maximum Gasteiger partial charge on any atom is 0.141 e. The average Bonchev–Trinajstić information content (AvgIpc) is 2.65. The van der Waals surface area contributed by atoms with Crippen molar-refractivity contribution in [1.82, 2.24) is 0 Å². The lowest BCUT2D eigenvalue weighted by molar-refractivity contribution is 0.416. The molecule has 0 unspecified atom stereocenters. The van der Waals surface area contributed by atoms with E-state index in [2.05, 4.69) is 54.8 Å². The molecule has 1 N–H and O–H groups in total. The number of aryl methyl sites for hydroxylation is 1. The van der Waals surface area contributed by atoms with E-state index in [1.807, 2.05) is 6.07 Å². The number of methoxy groups -OCH3 is 1. The minimum absolute atomic E-state index is 0.806. The summed E-state index contributed by atoms with van der Waals surface area (Å²) in [6.07, 6.45) is 11.7. The summed E-state index contributed by atoms with van der Waals surface area (Å²) in [4.78, 5) is 0. The van der Waals surface area contributed by atoms with E-state index in [0.717, 1.165) is 24.4 Å². The molecule has 0 saturated carbocycles.